The third-order valence-corrected chi connectivity index (χ3v) is 3.69. The van der Waals surface area contributed by atoms with E-state index in [0.29, 0.717) is 11.3 Å². The first kappa shape index (κ1) is 18.9. The van der Waals surface area contributed by atoms with Gasteiger partial charge in [-0.3, -0.25) is 4.79 Å². The van der Waals surface area contributed by atoms with Crippen LogP contribution in [0.15, 0.2) is 48.5 Å². The van der Waals surface area contributed by atoms with Gasteiger partial charge in [0.2, 0.25) is 0 Å². The number of aliphatic hydroxyl groups is 1. The van der Waals surface area contributed by atoms with Crippen LogP contribution >= 0.6 is 0 Å². The highest BCUT2D eigenvalue weighted by molar-refractivity contribution is 5.71. The zero-order valence-corrected chi connectivity index (χ0v) is 14.6. The van der Waals surface area contributed by atoms with Crippen LogP contribution in [0, 0.1) is 11.7 Å². The zero-order valence-electron chi connectivity index (χ0n) is 14.6. The molecule has 134 valence electrons. The number of hydrogen-bond donors (Lipinski definition) is 2. The summed E-state index contributed by atoms with van der Waals surface area (Å²) in [6.07, 6.45) is -1.10. The standard InChI is InChI=1S/C20H23FO4/c1-20(2,3)25-16-6-4-5-13(11-16)12-17(19(23)24)18(22)14-7-9-15(21)10-8-14/h4-11,17-18,22H,12H2,1-3H3,(H,23,24). The average molecular weight is 346 g/mol. The Hall–Kier alpha value is -2.40. The molecule has 0 heterocycles. The number of carboxylic acids is 1. The van der Waals surface area contributed by atoms with Gasteiger partial charge in [0.15, 0.2) is 0 Å². The number of ether oxygens (including phenoxy) is 1. The Bertz CT molecular complexity index is 719. The van der Waals surface area contributed by atoms with Crippen molar-refractivity contribution in [3.05, 3.63) is 65.5 Å². The molecule has 0 aliphatic carbocycles. The van der Waals surface area contributed by atoms with E-state index in [1.807, 2.05) is 20.8 Å². The zero-order chi connectivity index (χ0) is 18.6. The predicted octanol–water partition coefficient (Wildman–Crippen LogP) is 3.98. The SMILES string of the molecule is CC(C)(C)Oc1cccc(CC(C(=O)O)C(O)c2ccc(F)cc2)c1. The van der Waals surface area contributed by atoms with Gasteiger partial charge in [-0.25, -0.2) is 4.39 Å². The fourth-order valence-electron chi connectivity index (χ4n) is 2.57. The normalized spacial score (nSPS) is 14.0. The molecular weight excluding hydrogens is 323 g/mol. The van der Waals surface area contributed by atoms with Crippen molar-refractivity contribution >= 4 is 5.97 Å². The second-order valence-electron chi connectivity index (χ2n) is 7.01. The molecule has 0 aliphatic rings. The number of carbonyl (C=O) groups is 1. The smallest absolute Gasteiger partial charge is 0.309 e. The van der Waals surface area contributed by atoms with Crippen molar-refractivity contribution in [3.8, 4) is 5.75 Å². The number of halogens is 1. The molecule has 0 bridgehead atoms. The highest BCUT2D eigenvalue weighted by Gasteiger charge is 2.28. The number of rotatable bonds is 6. The summed E-state index contributed by atoms with van der Waals surface area (Å²) in [5, 5.41) is 19.9. The minimum atomic E-state index is -1.23. The summed E-state index contributed by atoms with van der Waals surface area (Å²) >= 11 is 0. The van der Waals surface area contributed by atoms with Crippen LogP contribution in [0.3, 0.4) is 0 Å². The first-order chi connectivity index (χ1) is 11.7. The third kappa shape index (κ3) is 5.57. The van der Waals surface area contributed by atoms with E-state index in [0.717, 1.165) is 5.56 Å². The molecular formula is C20H23FO4. The van der Waals surface area contributed by atoms with Crippen LogP contribution in [0.2, 0.25) is 0 Å². The van der Waals surface area contributed by atoms with E-state index >= 15 is 0 Å². The van der Waals surface area contributed by atoms with Gasteiger partial charge in [-0.2, -0.15) is 0 Å². The Morgan fingerprint density at radius 1 is 1.16 bits per heavy atom. The lowest BCUT2D eigenvalue weighted by molar-refractivity contribution is -0.145. The van der Waals surface area contributed by atoms with Crippen molar-refractivity contribution in [2.45, 2.75) is 38.9 Å². The van der Waals surface area contributed by atoms with E-state index < -0.39 is 23.8 Å². The summed E-state index contributed by atoms with van der Waals surface area (Å²) in [7, 11) is 0. The lowest BCUT2D eigenvalue weighted by Gasteiger charge is -2.23. The molecule has 4 nitrogen and oxygen atoms in total. The van der Waals surface area contributed by atoms with Crippen LogP contribution < -0.4 is 4.74 Å². The molecule has 2 aromatic carbocycles. The lowest BCUT2D eigenvalue weighted by Crippen LogP contribution is -2.25. The molecule has 2 rings (SSSR count). The van der Waals surface area contributed by atoms with Gasteiger partial charge in [0, 0.05) is 0 Å². The summed E-state index contributed by atoms with van der Waals surface area (Å²) in [6, 6.07) is 12.4. The first-order valence-corrected chi connectivity index (χ1v) is 8.10. The Morgan fingerprint density at radius 3 is 2.36 bits per heavy atom. The molecule has 0 spiro atoms. The maximum absolute atomic E-state index is 13.0. The third-order valence-electron chi connectivity index (χ3n) is 3.69. The van der Waals surface area contributed by atoms with Crippen molar-refractivity contribution in [1.82, 2.24) is 0 Å². The van der Waals surface area contributed by atoms with E-state index in [2.05, 4.69) is 0 Å². The number of aliphatic carboxylic acids is 1. The molecule has 0 radical (unpaired) electrons. The fourth-order valence-corrected chi connectivity index (χ4v) is 2.57. The molecule has 0 aliphatic heterocycles. The van der Waals surface area contributed by atoms with Gasteiger partial charge < -0.3 is 14.9 Å². The quantitative estimate of drug-likeness (QED) is 0.830. The van der Waals surface area contributed by atoms with Crippen molar-refractivity contribution < 1.29 is 24.1 Å². The Kier molecular flexibility index (Phi) is 5.80. The van der Waals surface area contributed by atoms with Crippen LogP contribution in [-0.2, 0) is 11.2 Å². The van der Waals surface area contributed by atoms with Crippen LogP contribution in [0.5, 0.6) is 5.75 Å². The molecule has 0 fully saturated rings. The maximum atomic E-state index is 13.0. The Morgan fingerprint density at radius 2 is 1.80 bits per heavy atom. The van der Waals surface area contributed by atoms with E-state index in [9.17, 15) is 19.4 Å². The molecule has 2 atom stereocenters. The van der Waals surface area contributed by atoms with Gasteiger partial charge in [-0.05, 0) is 62.6 Å². The molecule has 2 aromatic rings. The summed E-state index contributed by atoms with van der Waals surface area (Å²) in [6.45, 7) is 5.79. The van der Waals surface area contributed by atoms with E-state index in [1.165, 1.54) is 24.3 Å². The van der Waals surface area contributed by atoms with Crippen LogP contribution in [0.1, 0.15) is 38.0 Å². The van der Waals surface area contributed by atoms with Gasteiger partial charge in [0.1, 0.15) is 17.2 Å². The Balaban J connectivity index is 2.20. The van der Waals surface area contributed by atoms with Crippen LogP contribution in [0.4, 0.5) is 4.39 Å². The highest BCUT2D eigenvalue weighted by atomic mass is 19.1. The van der Waals surface area contributed by atoms with Gasteiger partial charge in [0.05, 0.1) is 12.0 Å². The minimum Gasteiger partial charge on any atom is -0.488 e. The fraction of sp³-hybridized carbons (Fsp3) is 0.350. The second-order valence-corrected chi connectivity index (χ2v) is 7.01. The van der Waals surface area contributed by atoms with Gasteiger partial charge in [-0.15, -0.1) is 0 Å². The number of carboxylic acid groups (broad SMARTS) is 1. The molecule has 2 unspecified atom stereocenters. The topological polar surface area (TPSA) is 66.8 Å². The molecule has 25 heavy (non-hydrogen) atoms. The summed E-state index contributed by atoms with van der Waals surface area (Å²) in [5.74, 6) is -1.95. The van der Waals surface area contributed by atoms with E-state index in [1.54, 1.807) is 24.3 Å². The molecule has 0 amide bonds. The van der Waals surface area contributed by atoms with Gasteiger partial charge in [0.25, 0.3) is 0 Å². The monoisotopic (exact) mass is 346 g/mol. The summed E-state index contributed by atoms with van der Waals surface area (Å²) in [5.41, 5.74) is 0.754. The largest absolute Gasteiger partial charge is 0.488 e. The van der Waals surface area contributed by atoms with Crippen LogP contribution in [0.25, 0.3) is 0 Å². The molecule has 0 aromatic heterocycles. The lowest BCUT2D eigenvalue weighted by atomic mass is 9.90. The molecule has 5 heteroatoms. The van der Waals surface area contributed by atoms with Gasteiger partial charge in [-0.1, -0.05) is 24.3 Å². The number of benzene rings is 2. The predicted molar refractivity (Wildman–Crippen MR) is 93.0 cm³/mol. The van der Waals surface area contributed by atoms with Crippen LogP contribution in [-0.4, -0.2) is 21.8 Å². The summed E-state index contributed by atoms with van der Waals surface area (Å²) < 4.78 is 18.8. The van der Waals surface area contributed by atoms with E-state index in [4.69, 9.17) is 4.74 Å². The number of hydrogen-bond acceptors (Lipinski definition) is 3. The maximum Gasteiger partial charge on any atom is 0.309 e. The summed E-state index contributed by atoms with van der Waals surface area (Å²) in [4.78, 5) is 11.6. The molecule has 0 saturated carbocycles. The Labute approximate surface area is 146 Å². The van der Waals surface area contributed by atoms with Gasteiger partial charge >= 0.3 is 5.97 Å². The molecule has 2 N–H and O–H groups in total. The van der Waals surface area contributed by atoms with E-state index in [-0.39, 0.29) is 12.0 Å². The van der Waals surface area contributed by atoms with Crippen molar-refractivity contribution in [2.75, 3.05) is 0 Å². The molecule has 0 saturated heterocycles. The second kappa shape index (κ2) is 7.66. The van der Waals surface area contributed by atoms with Crippen molar-refractivity contribution in [3.63, 3.8) is 0 Å². The van der Waals surface area contributed by atoms with Crippen molar-refractivity contribution in [2.24, 2.45) is 5.92 Å². The number of aliphatic hydroxyl groups excluding tert-OH is 1. The average Bonchev–Trinajstić information content (AvgIpc) is 2.51. The highest BCUT2D eigenvalue weighted by Crippen LogP contribution is 2.28. The minimum absolute atomic E-state index is 0.134. The first-order valence-electron chi connectivity index (χ1n) is 8.10. The van der Waals surface area contributed by atoms with Crippen molar-refractivity contribution in [1.29, 1.82) is 0 Å².